The summed E-state index contributed by atoms with van der Waals surface area (Å²) in [4.78, 5) is 27.9. The highest BCUT2D eigenvalue weighted by atomic mass is 16.6. The van der Waals surface area contributed by atoms with Crippen LogP contribution in [0.5, 0.6) is 0 Å². The van der Waals surface area contributed by atoms with Gasteiger partial charge in [0.2, 0.25) is 5.91 Å². The van der Waals surface area contributed by atoms with Crippen LogP contribution in [0, 0.1) is 0 Å². The number of rotatable bonds is 5. The van der Waals surface area contributed by atoms with Crippen molar-refractivity contribution in [2.45, 2.75) is 52.2 Å². The zero-order valence-electron chi connectivity index (χ0n) is 14.2. The minimum absolute atomic E-state index is 0.0931. The van der Waals surface area contributed by atoms with Crippen molar-refractivity contribution < 1.29 is 18.7 Å². The molecule has 1 fully saturated rings. The first-order valence-electron chi connectivity index (χ1n) is 8.13. The number of hydrogen-bond acceptors (Lipinski definition) is 4. The van der Waals surface area contributed by atoms with Crippen LogP contribution in [-0.4, -0.2) is 47.0 Å². The van der Waals surface area contributed by atoms with E-state index in [4.69, 9.17) is 9.15 Å². The second kappa shape index (κ2) is 7.53. The summed E-state index contributed by atoms with van der Waals surface area (Å²) in [5.74, 6) is 0.764. The SMILES string of the molecule is CC(C)(C)OC(=O)N(CCC(=O)N1CCCC1)Cc1ccco1. The third kappa shape index (κ3) is 5.62. The average Bonchev–Trinajstić information content (AvgIpc) is 3.13. The maximum Gasteiger partial charge on any atom is 0.410 e. The predicted molar refractivity (Wildman–Crippen MR) is 85.8 cm³/mol. The fraction of sp³-hybridized carbons (Fsp3) is 0.647. The zero-order chi connectivity index (χ0) is 16.9. The Bertz CT molecular complexity index is 513. The summed E-state index contributed by atoms with van der Waals surface area (Å²) in [5.41, 5.74) is -0.572. The van der Waals surface area contributed by atoms with E-state index in [9.17, 15) is 9.59 Å². The van der Waals surface area contributed by atoms with Crippen molar-refractivity contribution in [3.05, 3.63) is 24.2 Å². The maximum absolute atomic E-state index is 12.4. The molecule has 0 bridgehead atoms. The molecular weight excluding hydrogens is 296 g/mol. The Balaban J connectivity index is 1.94. The predicted octanol–water partition coefficient (Wildman–Crippen LogP) is 3.03. The van der Waals surface area contributed by atoms with Gasteiger partial charge in [0.15, 0.2) is 0 Å². The average molecular weight is 322 g/mol. The fourth-order valence-corrected chi connectivity index (χ4v) is 2.51. The molecule has 6 nitrogen and oxygen atoms in total. The summed E-state index contributed by atoms with van der Waals surface area (Å²) in [5, 5.41) is 0. The lowest BCUT2D eigenvalue weighted by Crippen LogP contribution is -2.39. The molecular formula is C17H26N2O4. The molecule has 2 heterocycles. The van der Waals surface area contributed by atoms with Gasteiger partial charge in [0.1, 0.15) is 11.4 Å². The lowest BCUT2D eigenvalue weighted by molar-refractivity contribution is -0.130. The van der Waals surface area contributed by atoms with Gasteiger partial charge in [0.25, 0.3) is 0 Å². The van der Waals surface area contributed by atoms with E-state index in [1.807, 2.05) is 25.7 Å². The van der Waals surface area contributed by atoms with E-state index in [2.05, 4.69) is 0 Å². The molecule has 6 heteroatoms. The molecule has 1 aromatic rings. The van der Waals surface area contributed by atoms with Crippen molar-refractivity contribution >= 4 is 12.0 Å². The van der Waals surface area contributed by atoms with Gasteiger partial charge in [0, 0.05) is 26.1 Å². The molecule has 1 saturated heterocycles. The van der Waals surface area contributed by atoms with Gasteiger partial charge >= 0.3 is 6.09 Å². The second-order valence-corrected chi connectivity index (χ2v) is 6.82. The van der Waals surface area contributed by atoms with Crippen molar-refractivity contribution in [3.63, 3.8) is 0 Å². The highest BCUT2D eigenvalue weighted by Gasteiger charge is 2.25. The number of carbonyl (C=O) groups is 2. The molecule has 0 spiro atoms. The fourth-order valence-electron chi connectivity index (χ4n) is 2.51. The van der Waals surface area contributed by atoms with Gasteiger partial charge in [-0.25, -0.2) is 4.79 Å². The highest BCUT2D eigenvalue weighted by Crippen LogP contribution is 2.15. The van der Waals surface area contributed by atoms with Gasteiger partial charge in [0.05, 0.1) is 12.8 Å². The molecule has 2 amide bonds. The molecule has 23 heavy (non-hydrogen) atoms. The van der Waals surface area contributed by atoms with Crippen LogP contribution in [0.2, 0.25) is 0 Å². The third-order valence-electron chi connectivity index (χ3n) is 3.63. The van der Waals surface area contributed by atoms with Crippen LogP contribution in [0.25, 0.3) is 0 Å². The first-order valence-corrected chi connectivity index (χ1v) is 8.13. The van der Waals surface area contributed by atoms with Crippen LogP contribution in [-0.2, 0) is 16.1 Å². The van der Waals surface area contributed by atoms with Crippen molar-refractivity contribution in [2.24, 2.45) is 0 Å². The summed E-state index contributed by atoms with van der Waals surface area (Å²) >= 11 is 0. The van der Waals surface area contributed by atoms with Crippen LogP contribution in [0.1, 0.15) is 45.8 Å². The van der Waals surface area contributed by atoms with E-state index in [0.29, 0.717) is 25.3 Å². The van der Waals surface area contributed by atoms with E-state index in [-0.39, 0.29) is 5.91 Å². The summed E-state index contributed by atoms with van der Waals surface area (Å²) in [6.07, 6.45) is 3.57. The molecule has 0 unspecified atom stereocenters. The molecule has 1 aromatic heterocycles. The van der Waals surface area contributed by atoms with Gasteiger partial charge < -0.3 is 19.0 Å². The molecule has 2 rings (SSSR count). The van der Waals surface area contributed by atoms with E-state index in [1.165, 1.54) is 4.90 Å². The number of furan rings is 1. The van der Waals surface area contributed by atoms with Crippen molar-refractivity contribution in [1.29, 1.82) is 0 Å². The maximum atomic E-state index is 12.4. The Kier molecular flexibility index (Phi) is 5.69. The van der Waals surface area contributed by atoms with E-state index in [1.54, 1.807) is 18.4 Å². The Morgan fingerprint density at radius 3 is 2.57 bits per heavy atom. The normalized spacial score (nSPS) is 14.8. The van der Waals surface area contributed by atoms with Crippen LogP contribution >= 0.6 is 0 Å². The van der Waals surface area contributed by atoms with Gasteiger partial charge in [-0.15, -0.1) is 0 Å². The molecule has 1 aliphatic heterocycles. The number of hydrogen-bond donors (Lipinski definition) is 0. The molecule has 1 aliphatic rings. The number of amides is 2. The molecule has 0 saturated carbocycles. The Morgan fingerprint density at radius 2 is 2.00 bits per heavy atom. The lowest BCUT2D eigenvalue weighted by atomic mass is 10.2. The smallest absolute Gasteiger partial charge is 0.410 e. The number of likely N-dealkylation sites (tertiary alicyclic amines) is 1. The molecule has 0 aliphatic carbocycles. The summed E-state index contributed by atoms with van der Waals surface area (Å²) in [7, 11) is 0. The lowest BCUT2D eigenvalue weighted by Gasteiger charge is -2.27. The van der Waals surface area contributed by atoms with E-state index >= 15 is 0 Å². The van der Waals surface area contributed by atoms with Gasteiger partial charge in [-0.3, -0.25) is 4.79 Å². The van der Waals surface area contributed by atoms with Crippen molar-refractivity contribution in [3.8, 4) is 0 Å². The number of ether oxygens (including phenoxy) is 1. The minimum Gasteiger partial charge on any atom is -0.467 e. The monoisotopic (exact) mass is 322 g/mol. The van der Waals surface area contributed by atoms with E-state index in [0.717, 1.165) is 25.9 Å². The Hall–Kier alpha value is -1.98. The van der Waals surface area contributed by atoms with Crippen LogP contribution in [0.3, 0.4) is 0 Å². The number of carbonyl (C=O) groups excluding carboxylic acids is 2. The Morgan fingerprint density at radius 1 is 1.30 bits per heavy atom. The van der Waals surface area contributed by atoms with Crippen LogP contribution in [0.4, 0.5) is 4.79 Å². The molecule has 0 atom stereocenters. The van der Waals surface area contributed by atoms with Crippen LogP contribution in [0.15, 0.2) is 22.8 Å². The van der Waals surface area contributed by atoms with Gasteiger partial charge in [-0.05, 0) is 45.7 Å². The molecule has 128 valence electrons. The van der Waals surface area contributed by atoms with Crippen molar-refractivity contribution in [2.75, 3.05) is 19.6 Å². The first kappa shape index (κ1) is 17.4. The highest BCUT2D eigenvalue weighted by molar-refractivity contribution is 5.77. The largest absolute Gasteiger partial charge is 0.467 e. The molecule has 0 aromatic carbocycles. The standard InChI is InChI=1S/C17H26N2O4/c1-17(2,3)23-16(21)19(13-14-7-6-12-22-14)11-8-15(20)18-9-4-5-10-18/h6-7,12H,4-5,8-11,13H2,1-3H3. The summed E-state index contributed by atoms with van der Waals surface area (Å²) < 4.78 is 10.7. The van der Waals surface area contributed by atoms with Gasteiger partial charge in [-0.2, -0.15) is 0 Å². The second-order valence-electron chi connectivity index (χ2n) is 6.82. The quantitative estimate of drug-likeness (QED) is 0.836. The molecule has 0 radical (unpaired) electrons. The zero-order valence-corrected chi connectivity index (χ0v) is 14.2. The summed E-state index contributed by atoms with van der Waals surface area (Å²) in [6.45, 7) is 7.75. The Labute approximate surface area is 137 Å². The minimum atomic E-state index is -0.572. The van der Waals surface area contributed by atoms with Crippen molar-refractivity contribution in [1.82, 2.24) is 9.80 Å². The third-order valence-corrected chi connectivity index (χ3v) is 3.63. The van der Waals surface area contributed by atoms with Gasteiger partial charge in [-0.1, -0.05) is 0 Å². The van der Waals surface area contributed by atoms with Crippen LogP contribution < -0.4 is 0 Å². The number of nitrogens with zero attached hydrogens (tertiary/aromatic N) is 2. The topological polar surface area (TPSA) is 63.0 Å². The first-order chi connectivity index (χ1) is 10.8. The van der Waals surface area contributed by atoms with E-state index < -0.39 is 11.7 Å². The summed E-state index contributed by atoms with van der Waals surface area (Å²) in [6, 6.07) is 3.58. The molecule has 0 N–H and O–H groups in total.